The van der Waals surface area contributed by atoms with Gasteiger partial charge in [0.2, 0.25) is 0 Å². The second kappa shape index (κ2) is 174. The molecule has 0 saturated heterocycles. The zero-order chi connectivity index (χ0) is 13.5. The molecule has 0 spiro atoms. The Morgan fingerprint density at radius 2 is 0.333 bits per heavy atom. The van der Waals surface area contributed by atoms with Crippen LogP contribution < -0.4 is 0 Å². The average molecular weight is 410 g/mol. The molecular weight excluding hydrogens is 362 g/mol. The molecule has 11 heteroatoms. The Kier molecular flexibility index (Phi) is 623. The van der Waals surface area contributed by atoms with Crippen molar-refractivity contribution >= 4 is 104 Å². The van der Waals surface area contributed by atoms with E-state index in [2.05, 4.69) is 0 Å². The summed E-state index contributed by atoms with van der Waals surface area (Å²) in [6.45, 7) is 9.65. The molecule has 0 fully saturated rings. The minimum Gasteiger partial charge on any atom is -0.397 e. The molecule has 0 bridgehead atoms. The van der Waals surface area contributed by atoms with Gasteiger partial charge in [0.05, 0.1) is 0 Å². The third-order valence-corrected chi connectivity index (χ3v) is 0. The van der Waals surface area contributed by atoms with E-state index in [9.17, 15) is 0 Å². The molecule has 0 amide bonds. The first-order chi connectivity index (χ1) is 7.07. The first-order valence-corrected chi connectivity index (χ1v) is 5.12. The maximum absolute atomic E-state index is 7.57. The summed E-state index contributed by atoms with van der Waals surface area (Å²) in [4.78, 5) is 0. The lowest BCUT2D eigenvalue weighted by Crippen LogP contribution is -1.57. The van der Waals surface area contributed by atoms with Crippen molar-refractivity contribution in [2.75, 3.05) is 33.0 Å². The SMILES string of the molecule is CCO.CCO.CCO.CCO.CCO.[AlH3].[AlH3].[AlH3].[AlH3].[AlH3].[AlH3]. The molecule has 0 saturated carbocycles. The number of hydrogen-bond donors (Lipinski definition) is 5. The zero-order valence-electron chi connectivity index (χ0n) is 10.8. The fourth-order valence-corrected chi connectivity index (χ4v) is 0. The third kappa shape index (κ3) is 1130. The fraction of sp³-hybridized carbons (Fsp3) is 1.00. The van der Waals surface area contributed by atoms with Crippen LogP contribution in [0.25, 0.3) is 0 Å². The predicted octanol–water partition coefficient (Wildman–Crippen LogP) is -7.11. The Morgan fingerprint density at radius 1 is 0.333 bits per heavy atom. The lowest BCUT2D eigenvalue weighted by Gasteiger charge is -1.52. The molecule has 0 aromatic heterocycles. The highest BCUT2D eigenvalue weighted by Crippen LogP contribution is 1.31. The highest BCUT2D eigenvalue weighted by Gasteiger charge is 1.35. The van der Waals surface area contributed by atoms with Gasteiger partial charge in [0.15, 0.2) is 104 Å². The lowest BCUT2D eigenvalue weighted by molar-refractivity contribution is 0.318. The molecular formula is C10H48Al6O5. The Bertz CT molecular complexity index is 43.5. The second-order valence-electron chi connectivity index (χ2n) is 1.58. The lowest BCUT2D eigenvalue weighted by atomic mass is 10.9. The Labute approximate surface area is 195 Å². The van der Waals surface area contributed by atoms with E-state index in [0.29, 0.717) is 0 Å². The normalized spacial score (nSPS) is 4.29. The Morgan fingerprint density at radius 3 is 0.333 bits per heavy atom. The van der Waals surface area contributed by atoms with Crippen LogP contribution in [-0.2, 0) is 0 Å². The Hall–Kier alpha value is 2.99. The summed E-state index contributed by atoms with van der Waals surface area (Å²) in [7, 11) is 0. The molecule has 0 radical (unpaired) electrons. The van der Waals surface area contributed by atoms with Gasteiger partial charge in [-0.05, 0) is 34.6 Å². The van der Waals surface area contributed by atoms with Crippen molar-refractivity contribution in [1.82, 2.24) is 0 Å². The van der Waals surface area contributed by atoms with E-state index in [0.717, 1.165) is 0 Å². The molecule has 0 heterocycles. The smallest absolute Gasteiger partial charge is 0.187 e. The first-order valence-electron chi connectivity index (χ1n) is 5.12. The quantitative estimate of drug-likeness (QED) is 0.256. The molecule has 0 aliphatic carbocycles. The molecule has 0 aliphatic heterocycles. The summed E-state index contributed by atoms with van der Waals surface area (Å²) in [5.74, 6) is 0. The molecule has 5 nitrogen and oxygen atoms in total. The van der Waals surface area contributed by atoms with E-state index >= 15 is 0 Å². The summed E-state index contributed by atoms with van der Waals surface area (Å²) in [5, 5.41) is 37.8. The number of aliphatic hydroxyl groups is 5. The monoisotopic (exact) mass is 410 g/mol. The van der Waals surface area contributed by atoms with E-state index in [1.54, 1.807) is 34.6 Å². The van der Waals surface area contributed by atoms with Gasteiger partial charge >= 0.3 is 0 Å². The predicted molar refractivity (Wildman–Crippen MR) is 123 cm³/mol. The third-order valence-electron chi connectivity index (χ3n) is 0. The number of rotatable bonds is 0. The van der Waals surface area contributed by atoms with Crippen molar-refractivity contribution < 1.29 is 25.5 Å². The van der Waals surface area contributed by atoms with Crippen molar-refractivity contribution in [3.8, 4) is 0 Å². The minimum absolute atomic E-state index is 0. The topological polar surface area (TPSA) is 101 Å². The van der Waals surface area contributed by atoms with Crippen LogP contribution in [0.4, 0.5) is 0 Å². The van der Waals surface area contributed by atoms with Crippen LogP contribution in [0.3, 0.4) is 0 Å². The molecule has 136 valence electrons. The summed E-state index contributed by atoms with van der Waals surface area (Å²) in [6.07, 6.45) is 0. The van der Waals surface area contributed by atoms with Crippen LogP contribution in [0.5, 0.6) is 0 Å². The van der Waals surface area contributed by atoms with Gasteiger partial charge in [-0.1, -0.05) is 0 Å². The standard InChI is InChI=1S/5C2H6O.6Al.18H/c5*1-2-3;;;;;;;;;;;;;;;;;;;;;;;;/h5*3H,2H2,1H3;;;;;;;;;;;;;;;;;;;;;;;;. The second-order valence-corrected chi connectivity index (χ2v) is 1.58. The highest BCUT2D eigenvalue weighted by atomic mass is 27.0. The van der Waals surface area contributed by atoms with Crippen LogP contribution in [-0.4, -0.2) is 163 Å². The van der Waals surface area contributed by atoms with Crippen molar-refractivity contribution in [2.24, 2.45) is 0 Å². The van der Waals surface area contributed by atoms with Gasteiger partial charge in [0, 0.05) is 33.0 Å². The van der Waals surface area contributed by atoms with E-state index in [1.807, 2.05) is 0 Å². The summed E-state index contributed by atoms with van der Waals surface area (Å²) < 4.78 is 0. The summed E-state index contributed by atoms with van der Waals surface area (Å²) >= 11 is 0. The maximum Gasteiger partial charge on any atom is 0.187 e. The highest BCUT2D eigenvalue weighted by molar-refractivity contribution is 5.76. The molecule has 5 N–H and O–H groups in total. The van der Waals surface area contributed by atoms with Crippen molar-refractivity contribution in [3.63, 3.8) is 0 Å². The van der Waals surface area contributed by atoms with E-state index < -0.39 is 0 Å². The molecule has 0 aromatic rings. The van der Waals surface area contributed by atoms with Gasteiger partial charge < -0.3 is 25.5 Å². The van der Waals surface area contributed by atoms with Gasteiger partial charge in [-0.2, -0.15) is 0 Å². The number of aliphatic hydroxyl groups excluding tert-OH is 5. The fourth-order valence-electron chi connectivity index (χ4n) is 0. The van der Waals surface area contributed by atoms with Crippen molar-refractivity contribution in [1.29, 1.82) is 0 Å². The molecule has 0 aromatic carbocycles. The van der Waals surface area contributed by atoms with Crippen LogP contribution in [0.1, 0.15) is 34.6 Å². The van der Waals surface area contributed by atoms with Crippen LogP contribution in [0.2, 0.25) is 0 Å². The zero-order valence-corrected chi connectivity index (χ0v) is 10.8. The molecule has 0 rings (SSSR count). The largest absolute Gasteiger partial charge is 0.397 e. The van der Waals surface area contributed by atoms with Crippen LogP contribution in [0, 0.1) is 0 Å². The maximum atomic E-state index is 7.57. The average Bonchev–Trinajstić information content (AvgIpc) is 2.09. The minimum atomic E-state index is 0. The number of hydrogen-bond acceptors (Lipinski definition) is 5. The van der Waals surface area contributed by atoms with Crippen molar-refractivity contribution in [2.45, 2.75) is 34.6 Å². The van der Waals surface area contributed by atoms with E-state index in [-0.39, 0.29) is 137 Å². The van der Waals surface area contributed by atoms with Crippen LogP contribution >= 0.6 is 0 Å². The van der Waals surface area contributed by atoms with E-state index in [1.165, 1.54) is 0 Å². The van der Waals surface area contributed by atoms with Gasteiger partial charge in [-0.3, -0.25) is 0 Å². The van der Waals surface area contributed by atoms with E-state index in [4.69, 9.17) is 25.5 Å². The summed E-state index contributed by atoms with van der Waals surface area (Å²) in [6, 6.07) is 0. The summed E-state index contributed by atoms with van der Waals surface area (Å²) in [5.41, 5.74) is 0. The molecule has 21 heavy (non-hydrogen) atoms. The van der Waals surface area contributed by atoms with Gasteiger partial charge in [-0.15, -0.1) is 0 Å². The van der Waals surface area contributed by atoms with Crippen molar-refractivity contribution in [3.05, 3.63) is 0 Å². The molecule has 0 aliphatic rings. The first kappa shape index (κ1) is 75.1. The van der Waals surface area contributed by atoms with Gasteiger partial charge in [-0.25, -0.2) is 0 Å². The molecule has 0 atom stereocenters. The molecule has 0 unspecified atom stereocenters. The van der Waals surface area contributed by atoms with Gasteiger partial charge in [0.1, 0.15) is 0 Å². The van der Waals surface area contributed by atoms with Crippen LogP contribution in [0.15, 0.2) is 0 Å². The Balaban J connectivity index is -0.00000000617. The van der Waals surface area contributed by atoms with Gasteiger partial charge in [0.25, 0.3) is 0 Å².